The van der Waals surface area contributed by atoms with Gasteiger partial charge in [-0.25, -0.2) is 23.1 Å². The van der Waals surface area contributed by atoms with Crippen molar-refractivity contribution in [3.8, 4) is 22.5 Å². The molecule has 1 atom stereocenters. The molecule has 0 unspecified atom stereocenters. The minimum atomic E-state index is -2.92. The Morgan fingerprint density at radius 3 is 2.57 bits per heavy atom. The van der Waals surface area contributed by atoms with Gasteiger partial charge in [0.25, 0.3) is 6.43 Å². The third kappa shape index (κ3) is 3.73. The summed E-state index contributed by atoms with van der Waals surface area (Å²) in [5.74, 6) is 1.18. The molecule has 1 spiro atoms. The second kappa shape index (κ2) is 8.29. The first-order valence-corrected chi connectivity index (χ1v) is 12.1. The molecular weight excluding hydrogens is 481 g/mol. The lowest BCUT2D eigenvalue weighted by Gasteiger charge is -2.22. The minimum absolute atomic E-state index is 0.0784. The van der Waals surface area contributed by atoms with Crippen LogP contribution in [0.1, 0.15) is 49.2 Å². The molecule has 1 saturated carbocycles. The summed E-state index contributed by atoms with van der Waals surface area (Å²) in [5, 5.41) is 3.54. The van der Waals surface area contributed by atoms with Gasteiger partial charge in [0.2, 0.25) is 5.56 Å². The van der Waals surface area contributed by atoms with Crippen molar-refractivity contribution in [3.05, 3.63) is 81.2 Å². The van der Waals surface area contributed by atoms with Gasteiger partial charge in [0.05, 0.1) is 22.7 Å². The summed E-state index contributed by atoms with van der Waals surface area (Å²) in [7, 11) is 1.70. The van der Waals surface area contributed by atoms with E-state index in [9.17, 15) is 18.0 Å². The van der Waals surface area contributed by atoms with E-state index in [0.29, 0.717) is 22.7 Å². The topological polar surface area (TPSA) is 77.1 Å². The first-order valence-electron chi connectivity index (χ1n) is 12.1. The molecule has 4 aliphatic rings. The van der Waals surface area contributed by atoms with E-state index in [1.807, 2.05) is 6.07 Å². The average Bonchev–Trinajstić information content (AvgIpc) is 3.53. The van der Waals surface area contributed by atoms with Gasteiger partial charge in [-0.15, -0.1) is 0 Å². The van der Waals surface area contributed by atoms with Crippen LogP contribution >= 0.6 is 0 Å². The van der Waals surface area contributed by atoms with Crippen LogP contribution in [0.4, 0.5) is 19.0 Å². The molecule has 1 fully saturated rings. The number of halogens is 3. The standard InChI is InChI=1S/C27H25F3N6O/c1-14(17-5-4-6-18(22(17)28)23(29)30)32-24-20-11-19(16-7-8-21(37)35(3)12-16)25-31-13-27(9-10-27)36(25)26(20)34-15(2)33-24/h4-8,11-12,14,23,31H,9-10,13H2,1-3H3/t14-/m1/s1. The summed E-state index contributed by atoms with van der Waals surface area (Å²) in [5.41, 5.74) is 1.97. The second-order valence-corrected chi connectivity index (χ2v) is 9.87. The maximum Gasteiger partial charge on any atom is 0.266 e. The molecule has 1 N–H and O–H groups in total. The van der Waals surface area contributed by atoms with E-state index in [0.717, 1.165) is 42.4 Å². The Kier molecular flexibility index (Phi) is 5.25. The largest absolute Gasteiger partial charge is 0.369 e. The highest BCUT2D eigenvalue weighted by atomic mass is 19.3. The van der Waals surface area contributed by atoms with Gasteiger partial charge in [0, 0.05) is 42.5 Å². The molecule has 3 aliphatic heterocycles. The Morgan fingerprint density at radius 2 is 1.86 bits per heavy atom. The molecule has 1 aliphatic carbocycles. The highest BCUT2D eigenvalue weighted by Gasteiger charge is 2.51. The maximum atomic E-state index is 14.9. The van der Waals surface area contributed by atoms with Crippen LogP contribution in [0.25, 0.3) is 22.5 Å². The van der Waals surface area contributed by atoms with Crippen molar-refractivity contribution in [1.82, 2.24) is 19.1 Å². The van der Waals surface area contributed by atoms with Crippen LogP contribution < -0.4 is 16.4 Å². The highest BCUT2D eigenvalue weighted by molar-refractivity contribution is 5.83. The lowest BCUT2D eigenvalue weighted by Crippen LogP contribution is -2.25. The quantitative estimate of drug-likeness (QED) is 0.435. The molecule has 10 heteroatoms. The zero-order chi connectivity index (χ0) is 26.1. The van der Waals surface area contributed by atoms with Crippen LogP contribution in [0, 0.1) is 12.7 Å². The zero-order valence-corrected chi connectivity index (χ0v) is 20.6. The fraction of sp³-hybridized carbons (Fsp3) is 0.333. The molecule has 1 aromatic carbocycles. The van der Waals surface area contributed by atoms with Crippen molar-refractivity contribution in [2.45, 2.75) is 44.7 Å². The summed E-state index contributed by atoms with van der Waals surface area (Å²) >= 11 is 0. The van der Waals surface area contributed by atoms with Gasteiger partial charge >= 0.3 is 0 Å². The smallest absolute Gasteiger partial charge is 0.266 e. The predicted octanol–water partition coefficient (Wildman–Crippen LogP) is 4.71. The third-order valence-corrected chi connectivity index (χ3v) is 7.34. The number of benzene rings is 1. The van der Waals surface area contributed by atoms with Crippen LogP contribution in [0.15, 0.2) is 52.4 Å². The van der Waals surface area contributed by atoms with Crippen molar-refractivity contribution in [1.29, 1.82) is 0 Å². The van der Waals surface area contributed by atoms with Crippen molar-refractivity contribution in [2.24, 2.45) is 12.0 Å². The van der Waals surface area contributed by atoms with E-state index in [4.69, 9.17) is 9.98 Å². The molecule has 1 aromatic heterocycles. The summed E-state index contributed by atoms with van der Waals surface area (Å²) in [6.07, 6.45) is 0.867. The second-order valence-electron chi connectivity index (χ2n) is 9.87. The van der Waals surface area contributed by atoms with E-state index >= 15 is 0 Å². The molecule has 2 aromatic rings. The fourth-order valence-corrected chi connectivity index (χ4v) is 5.18. The van der Waals surface area contributed by atoms with Gasteiger partial charge in [-0.3, -0.25) is 9.79 Å². The van der Waals surface area contributed by atoms with Crippen LogP contribution in [-0.2, 0) is 12.6 Å². The van der Waals surface area contributed by atoms with E-state index in [-0.39, 0.29) is 16.7 Å². The molecule has 0 amide bonds. The molecular formula is C27H25F3N6O. The van der Waals surface area contributed by atoms with E-state index < -0.39 is 23.8 Å². The normalized spacial score (nSPS) is 16.9. The molecule has 0 bridgehead atoms. The Hall–Kier alpha value is -3.95. The fourth-order valence-electron chi connectivity index (χ4n) is 5.18. The van der Waals surface area contributed by atoms with E-state index in [1.54, 1.807) is 33.2 Å². The molecule has 4 heterocycles. The van der Waals surface area contributed by atoms with Crippen LogP contribution in [0.5, 0.6) is 0 Å². The lowest BCUT2D eigenvalue weighted by molar-refractivity contribution is 0.146. The molecule has 37 heavy (non-hydrogen) atoms. The Balaban J connectivity index is 1.60. The molecule has 190 valence electrons. The number of fused-ring (bicyclic) bond motifs is 4. The third-order valence-electron chi connectivity index (χ3n) is 7.34. The summed E-state index contributed by atoms with van der Waals surface area (Å²) in [6, 6.07) is 8.45. The van der Waals surface area contributed by atoms with Crippen LogP contribution in [0.2, 0.25) is 0 Å². The number of rotatable bonds is 4. The summed E-state index contributed by atoms with van der Waals surface area (Å²) in [6.45, 7) is 4.20. The number of aryl methyl sites for hydroxylation is 2. The average molecular weight is 507 g/mol. The Morgan fingerprint density at radius 1 is 1.11 bits per heavy atom. The first-order chi connectivity index (χ1) is 17.7. The summed E-state index contributed by atoms with van der Waals surface area (Å²) in [4.78, 5) is 26.1. The Bertz CT molecular complexity index is 1650. The van der Waals surface area contributed by atoms with Crippen molar-refractivity contribution >= 4 is 5.82 Å². The molecule has 7 nitrogen and oxygen atoms in total. The number of anilines is 1. The van der Waals surface area contributed by atoms with Gasteiger partial charge in [-0.1, -0.05) is 18.2 Å². The van der Waals surface area contributed by atoms with Crippen LogP contribution in [0.3, 0.4) is 0 Å². The molecule has 6 rings (SSSR count). The van der Waals surface area contributed by atoms with Crippen molar-refractivity contribution < 1.29 is 13.2 Å². The highest BCUT2D eigenvalue weighted by Crippen LogP contribution is 2.53. The first kappa shape index (κ1) is 23.4. The van der Waals surface area contributed by atoms with Gasteiger partial charge < -0.3 is 14.5 Å². The number of aromatic nitrogens is 4. The van der Waals surface area contributed by atoms with E-state index in [2.05, 4.69) is 14.9 Å². The number of alkyl halides is 2. The van der Waals surface area contributed by atoms with Crippen molar-refractivity contribution in [2.75, 3.05) is 11.9 Å². The van der Waals surface area contributed by atoms with E-state index in [1.165, 1.54) is 22.8 Å². The predicted molar refractivity (Wildman–Crippen MR) is 133 cm³/mol. The van der Waals surface area contributed by atoms with Gasteiger partial charge in [-0.2, -0.15) is 0 Å². The minimum Gasteiger partial charge on any atom is -0.369 e. The summed E-state index contributed by atoms with van der Waals surface area (Å²) < 4.78 is 45.2. The Labute approximate surface area is 210 Å². The molecule has 0 radical (unpaired) electrons. The van der Waals surface area contributed by atoms with Gasteiger partial charge in [0.15, 0.2) is 5.49 Å². The molecule has 0 saturated heterocycles. The number of hydrogen-bond acceptors (Lipinski definition) is 5. The number of nitrogens with zero attached hydrogens (tertiary/aromatic N) is 5. The zero-order valence-electron chi connectivity index (χ0n) is 20.6. The lowest BCUT2D eigenvalue weighted by atomic mass is 10.0. The van der Waals surface area contributed by atoms with Crippen molar-refractivity contribution in [3.63, 3.8) is 0 Å². The van der Waals surface area contributed by atoms with Gasteiger partial charge in [0.1, 0.15) is 23.3 Å². The number of nitrogens with one attached hydrogen (secondary N) is 1. The van der Waals surface area contributed by atoms with Gasteiger partial charge in [-0.05, 0) is 38.8 Å². The number of pyridine rings is 2. The maximum absolute atomic E-state index is 14.9. The SMILES string of the molecule is Cc1nc2n3c(c(-c4ccc(=O)n(C)c4)cc-2c(=N[C@H](C)c2cccc(C(F)F)c2F)n1)NCC31CC1. The number of hydrogen-bond donors (Lipinski definition) is 1. The monoisotopic (exact) mass is 506 g/mol. The van der Waals surface area contributed by atoms with Crippen LogP contribution in [-0.4, -0.2) is 25.6 Å².